The Morgan fingerprint density at radius 1 is 0.909 bits per heavy atom. The Kier molecular flexibility index (Phi) is 6.31. The van der Waals surface area contributed by atoms with Crippen molar-refractivity contribution in [1.29, 1.82) is 0 Å². The van der Waals surface area contributed by atoms with Gasteiger partial charge in [0.1, 0.15) is 7.05 Å². The minimum atomic E-state index is -4.94. The predicted octanol–water partition coefficient (Wildman–Crippen LogP) is 0.767. The first-order valence-corrected chi connectivity index (χ1v) is 12.1. The third-order valence-corrected chi connectivity index (χ3v) is 6.44. The van der Waals surface area contributed by atoms with Crippen molar-refractivity contribution in [3.63, 3.8) is 0 Å². The lowest BCUT2D eigenvalue weighted by Gasteiger charge is -2.33. The first-order valence-electron chi connectivity index (χ1n) is 10.9. The molecule has 3 aromatic rings. The highest BCUT2D eigenvalue weighted by Gasteiger charge is 2.42. The highest BCUT2D eigenvalue weighted by molar-refractivity contribution is 5.76. The summed E-state index contributed by atoms with van der Waals surface area (Å²) in [6.45, 7) is 5.86. The molecule has 3 heterocycles. The largest absolute Gasteiger partial charge is 0.344 e. The summed E-state index contributed by atoms with van der Waals surface area (Å²) in [6.07, 6.45) is 7.01. The van der Waals surface area contributed by atoms with E-state index in [9.17, 15) is 0 Å². The molecule has 0 saturated heterocycles. The molecular weight excluding hydrogens is 440 g/mol. The van der Waals surface area contributed by atoms with Gasteiger partial charge in [0, 0.05) is 46.9 Å². The van der Waals surface area contributed by atoms with E-state index in [1.165, 1.54) is 45.5 Å². The minimum absolute atomic E-state index is 0.0578. The Bertz CT molecular complexity index is 1240. The third kappa shape index (κ3) is 4.81. The Balaban J connectivity index is 0.000000471. The van der Waals surface area contributed by atoms with Gasteiger partial charge >= 0.3 is 0 Å². The summed E-state index contributed by atoms with van der Waals surface area (Å²) in [5.74, 6) is 0. The number of aromatic nitrogens is 1. The second kappa shape index (κ2) is 8.89. The van der Waals surface area contributed by atoms with Crippen molar-refractivity contribution >= 4 is 22.7 Å². The molecule has 0 amide bonds. The molecule has 0 N–H and O–H groups in total. The van der Waals surface area contributed by atoms with Gasteiger partial charge in [0.15, 0.2) is 0 Å². The van der Waals surface area contributed by atoms with Gasteiger partial charge in [-0.2, -0.15) is 4.57 Å². The molecule has 1 aromatic heterocycles. The van der Waals surface area contributed by atoms with Crippen molar-refractivity contribution < 1.29 is 33.4 Å². The summed E-state index contributed by atoms with van der Waals surface area (Å²) in [7, 11) is -2.79. The lowest BCUT2D eigenvalue weighted by Crippen LogP contribution is -2.68. The van der Waals surface area contributed by atoms with Gasteiger partial charge in [0.25, 0.3) is 0 Å². The van der Waals surface area contributed by atoms with Gasteiger partial charge in [-0.1, -0.05) is 50.3 Å². The fourth-order valence-corrected chi connectivity index (χ4v) is 5.05. The summed E-state index contributed by atoms with van der Waals surface area (Å²) in [6, 6.07) is 21.9. The van der Waals surface area contributed by atoms with Crippen LogP contribution in [0.5, 0.6) is 0 Å². The standard InChI is InChI=1S/C26H27N2.ClHO4/c1-26(2)22-11-5-7-13-24(22)28-18-8-10-20(25(26)28)15-17-21-16-14-19-9-4-6-12-23(19)27(21)3;2-1(3,4)5/h4-7,9,11-17H,8,10,18H2,1-3H3;(H,2,3,4,5)/q+1;/p-1. The Morgan fingerprint density at radius 3 is 2.33 bits per heavy atom. The van der Waals surface area contributed by atoms with E-state index in [1.54, 1.807) is 0 Å². The SMILES string of the molecule is C[n+]1c(/C=C/C2=C3N(CCC2)c2ccccc2C3(C)C)ccc2ccccc21.[O-][Cl+3]([O-])([O-])[O-]. The summed E-state index contributed by atoms with van der Waals surface area (Å²) in [5.41, 5.74) is 8.36. The molecule has 0 unspecified atom stereocenters. The molecule has 7 heteroatoms. The number of benzene rings is 2. The summed E-state index contributed by atoms with van der Waals surface area (Å²) in [5, 5.41) is 1.28. The summed E-state index contributed by atoms with van der Waals surface area (Å²) < 4.78 is 36.3. The zero-order chi connectivity index (χ0) is 23.8. The van der Waals surface area contributed by atoms with Crippen LogP contribution in [0.1, 0.15) is 37.9 Å². The quantitative estimate of drug-likeness (QED) is 0.519. The van der Waals surface area contributed by atoms with Crippen LogP contribution in [0, 0.1) is 10.2 Å². The van der Waals surface area contributed by atoms with E-state index in [2.05, 4.69) is 103 Å². The van der Waals surface area contributed by atoms with Crippen LogP contribution in [0.3, 0.4) is 0 Å². The van der Waals surface area contributed by atoms with E-state index < -0.39 is 10.2 Å². The molecule has 0 aliphatic carbocycles. The average molecular weight is 467 g/mol. The fraction of sp³-hybridized carbons (Fsp3) is 0.269. The number of fused-ring (bicyclic) bond motifs is 4. The van der Waals surface area contributed by atoms with Crippen molar-refractivity contribution in [3.05, 3.63) is 89.3 Å². The number of hydrogen-bond acceptors (Lipinski definition) is 5. The minimum Gasteiger partial charge on any atom is -0.344 e. The number of para-hydroxylation sites is 2. The number of anilines is 1. The van der Waals surface area contributed by atoms with Crippen LogP contribution in [-0.2, 0) is 12.5 Å². The molecule has 2 aliphatic heterocycles. The number of hydrogen-bond donors (Lipinski definition) is 0. The van der Waals surface area contributed by atoms with Crippen LogP contribution < -0.4 is 28.1 Å². The first kappa shape index (κ1) is 23.4. The van der Waals surface area contributed by atoms with Crippen molar-refractivity contribution in [1.82, 2.24) is 0 Å². The Morgan fingerprint density at radius 2 is 1.58 bits per heavy atom. The smallest absolute Gasteiger partial charge is 0.212 e. The van der Waals surface area contributed by atoms with Gasteiger partial charge in [-0.3, -0.25) is 0 Å². The van der Waals surface area contributed by atoms with Gasteiger partial charge < -0.3 is 4.90 Å². The molecule has 6 nitrogen and oxygen atoms in total. The van der Waals surface area contributed by atoms with E-state index in [0.717, 1.165) is 13.0 Å². The molecule has 5 rings (SSSR count). The van der Waals surface area contributed by atoms with E-state index in [0.29, 0.717) is 0 Å². The molecule has 172 valence electrons. The fourth-order valence-electron chi connectivity index (χ4n) is 5.05. The van der Waals surface area contributed by atoms with Crippen LogP contribution in [0.4, 0.5) is 5.69 Å². The van der Waals surface area contributed by atoms with E-state index in [4.69, 9.17) is 18.6 Å². The molecule has 2 aromatic carbocycles. The topological polar surface area (TPSA) is 99.4 Å². The number of allylic oxidation sites excluding steroid dienone is 3. The Labute approximate surface area is 196 Å². The maximum absolute atomic E-state index is 8.49. The van der Waals surface area contributed by atoms with E-state index in [-0.39, 0.29) is 5.41 Å². The van der Waals surface area contributed by atoms with Crippen LogP contribution in [0.15, 0.2) is 78.0 Å². The van der Waals surface area contributed by atoms with Crippen molar-refractivity contribution in [2.75, 3.05) is 11.4 Å². The normalized spacial score (nSPS) is 17.1. The summed E-state index contributed by atoms with van der Waals surface area (Å²) >= 11 is 0. The molecule has 33 heavy (non-hydrogen) atoms. The monoisotopic (exact) mass is 466 g/mol. The number of nitrogens with zero attached hydrogens (tertiary/aromatic N) is 2. The predicted molar refractivity (Wildman–Crippen MR) is 117 cm³/mol. The lowest BCUT2D eigenvalue weighted by molar-refractivity contribution is -2.00. The lowest BCUT2D eigenvalue weighted by atomic mass is 9.80. The van der Waals surface area contributed by atoms with E-state index >= 15 is 0 Å². The first-order chi connectivity index (χ1) is 15.6. The van der Waals surface area contributed by atoms with Gasteiger partial charge in [-0.15, -0.1) is 10.2 Å². The zero-order valence-electron chi connectivity index (χ0n) is 19.0. The molecule has 0 fully saturated rings. The second-order valence-corrected chi connectivity index (χ2v) is 9.61. The summed E-state index contributed by atoms with van der Waals surface area (Å²) in [4.78, 5) is 2.55. The maximum Gasteiger partial charge on any atom is 0.212 e. The molecule has 2 aliphatic rings. The van der Waals surface area contributed by atoms with Gasteiger partial charge in [0.05, 0.1) is 0 Å². The van der Waals surface area contributed by atoms with Crippen LogP contribution in [0.25, 0.3) is 17.0 Å². The average Bonchev–Trinajstić information content (AvgIpc) is 3.00. The molecule has 0 saturated carbocycles. The highest BCUT2D eigenvalue weighted by atomic mass is 35.7. The maximum atomic E-state index is 8.49. The third-order valence-electron chi connectivity index (χ3n) is 6.44. The van der Waals surface area contributed by atoms with Gasteiger partial charge in [-0.05, 0) is 42.2 Å². The number of aryl methyl sites for hydroxylation is 1. The molecular formula is C26H27ClN2O4. The number of pyridine rings is 1. The molecule has 0 radical (unpaired) electrons. The van der Waals surface area contributed by atoms with Gasteiger partial charge in [-0.25, -0.2) is 18.6 Å². The zero-order valence-corrected chi connectivity index (χ0v) is 19.7. The number of rotatable bonds is 2. The molecule has 0 spiro atoms. The van der Waals surface area contributed by atoms with E-state index in [1.807, 2.05) is 0 Å². The van der Waals surface area contributed by atoms with Crippen LogP contribution in [-0.4, -0.2) is 6.54 Å². The number of halogens is 1. The molecule has 0 atom stereocenters. The highest BCUT2D eigenvalue weighted by Crippen LogP contribution is 2.50. The van der Waals surface area contributed by atoms with Gasteiger partial charge in [0.2, 0.25) is 11.2 Å². The van der Waals surface area contributed by atoms with Crippen LogP contribution >= 0.6 is 0 Å². The van der Waals surface area contributed by atoms with Crippen molar-refractivity contribution in [3.8, 4) is 0 Å². The molecule has 0 bridgehead atoms. The Hall–Kier alpha value is -2.74. The van der Waals surface area contributed by atoms with Crippen molar-refractivity contribution in [2.24, 2.45) is 7.05 Å². The van der Waals surface area contributed by atoms with Crippen molar-refractivity contribution in [2.45, 2.75) is 32.1 Å². The second-order valence-electron chi connectivity index (χ2n) is 8.86. The van der Waals surface area contributed by atoms with Crippen LogP contribution in [0.2, 0.25) is 0 Å².